The van der Waals surface area contributed by atoms with Crippen LogP contribution in [0.1, 0.15) is 44.2 Å². The molecule has 3 amide bonds. The molecule has 46 heavy (non-hydrogen) atoms. The minimum atomic E-state index is -1.33. The Hall–Kier alpha value is -5.17. The number of carbonyl (C=O) groups is 5. The maximum atomic E-state index is 13.8. The van der Waals surface area contributed by atoms with Gasteiger partial charge in [-0.15, -0.1) is 0 Å². The fraction of sp³-hybridized carbons (Fsp3) is 0.364. The van der Waals surface area contributed by atoms with Crippen LogP contribution in [0.3, 0.4) is 0 Å². The van der Waals surface area contributed by atoms with E-state index in [0.717, 1.165) is 21.8 Å². The SMILES string of the molecule is CCC(C)C(N)C(=O)NC(CCC(=O)O)C(=O)NC(Cc1c[nH]c2ccccc12)C(=O)NC(Cc1c[nH]c2ccccc12)C(=O)O. The van der Waals surface area contributed by atoms with Gasteiger partial charge in [-0.2, -0.15) is 0 Å². The summed E-state index contributed by atoms with van der Waals surface area (Å²) in [6.45, 7) is 3.65. The van der Waals surface area contributed by atoms with Gasteiger partial charge in [0, 0.05) is 53.5 Å². The lowest BCUT2D eigenvalue weighted by atomic mass is 9.98. The van der Waals surface area contributed by atoms with Gasteiger partial charge in [0.15, 0.2) is 0 Å². The molecule has 0 bridgehead atoms. The number of aliphatic carboxylic acids is 2. The van der Waals surface area contributed by atoms with Crippen LogP contribution in [0.2, 0.25) is 0 Å². The highest BCUT2D eigenvalue weighted by atomic mass is 16.4. The molecule has 9 N–H and O–H groups in total. The Labute approximate surface area is 265 Å². The van der Waals surface area contributed by atoms with E-state index >= 15 is 0 Å². The predicted octanol–water partition coefficient (Wildman–Crippen LogP) is 2.21. The van der Waals surface area contributed by atoms with Gasteiger partial charge in [-0.25, -0.2) is 4.79 Å². The highest BCUT2D eigenvalue weighted by molar-refractivity contribution is 5.95. The quantitative estimate of drug-likeness (QED) is 0.0913. The molecular formula is C33H40N6O7. The molecule has 2 heterocycles. The average molecular weight is 633 g/mol. The number of nitrogens with one attached hydrogen (secondary N) is 5. The third kappa shape index (κ3) is 8.30. The molecule has 5 unspecified atom stereocenters. The molecule has 13 heteroatoms. The molecule has 2 aromatic carbocycles. The smallest absolute Gasteiger partial charge is 0.326 e. The van der Waals surface area contributed by atoms with E-state index in [2.05, 4.69) is 25.9 Å². The third-order valence-electron chi connectivity index (χ3n) is 8.29. The molecule has 0 saturated carbocycles. The van der Waals surface area contributed by atoms with Crippen molar-refractivity contribution >= 4 is 51.5 Å². The topological polar surface area (TPSA) is 219 Å². The second-order valence-electron chi connectivity index (χ2n) is 11.5. The van der Waals surface area contributed by atoms with Crippen LogP contribution in [0.4, 0.5) is 0 Å². The van der Waals surface area contributed by atoms with E-state index in [-0.39, 0.29) is 25.2 Å². The highest BCUT2D eigenvalue weighted by Crippen LogP contribution is 2.21. The summed E-state index contributed by atoms with van der Waals surface area (Å²) < 4.78 is 0. The van der Waals surface area contributed by atoms with Crippen LogP contribution >= 0.6 is 0 Å². The first-order valence-electron chi connectivity index (χ1n) is 15.2. The number of nitrogens with two attached hydrogens (primary N) is 1. The van der Waals surface area contributed by atoms with Gasteiger partial charge in [0.05, 0.1) is 6.04 Å². The first kappa shape index (κ1) is 33.7. The van der Waals surface area contributed by atoms with Crippen LogP contribution in [0.5, 0.6) is 0 Å². The molecule has 0 saturated heterocycles. The molecule has 244 valence electrons. The van der Waals surface area contributed by atoms with Crippen molar-refractivity contribution in [2.45, 2.75) is 70.1 Å². The molecule has 0 fully saturated rings. The van der Waals surface area contributed by atoms with Gasteiger partial charge in [0.2, 0.25) is 17.7 Å². The van der Waals surface area contributed by atoms with Crippen LogP contribution in [-0.4, -0.2) is 74.0 Å². The largest absolute Gasteiger partial charge is 0.481 e. The van der Waals surface area contributed by atoms with Crippen molar-refractivity contribution < 1.29 is 34.2 Å². The molecule has 5 atom stereocenters. The Bertz CT molecular complexity index is 1710. The van der Waals surface area contributed by atoms with Crippen LogP contribution < -0.4 is 21.7 Å². The maximum absolute atomic E-state index is 13.8. The van der Waals surface area contributed by atoms with E-state index in [0.29, 0.717) is 17.5 Å². The summed E-state index contributed by atoms with van der Waals surface area (Å²) in [4.78, 5) is 70.2. The number of carboxylic acid groups (broad SMARTS) is 2. The summed E-state index contributed by atoms with van der Waals surface area (Å²) in [5.74, 6) is -4.81. The molecule has 4 rings (SSSR count). The standard InChI is InChI=1S/C33H40N6O7/c1-3-18(2)29(34)32(44)37-25(12-13-28(40)41)30(42)38-26(14-19-16-35-23-10-6-4-8-21(19)23)31(43)39-27(33(45)46)15-20-17-36-24-11-7-5-9-22(20)24/h4-11,16-18,25-27,29,35-36H,3,12-15,34H2,1-2H3,(H,37,44)(H,38,42)(H,39,43)(H,40,41)(H,45,46). The third-order valence-corrected chi connectivity index (χ3v) is 8.29. The van der Waals surface area contributed by atoms with Crippen molar-refractivity contribution in [3.63, 3.8) is 0 Å². The zero-order valence-corrected chi connectivity index (χ0v) is 25.7. The van der Waals surface area contributed by atoms with Crippen LogP contribution in [-0.2, 0) is 36.8 Å². The summed E-state index contributed by atoms with van der Waals surface area (Å²) in [5.41, 5.74) is 9.05. The zero-order valence-electron chi connectivity index (χ0n) is 25.7. The van der Waals surface area contributed by atoms with Crippen molar-refractivity contribution in [2.75, 3.05) is 0 Å². The van der Waals surface area contributed by atoms with Gasteiger partial charge in [0.1, 0.15) is 18.1 Å². The normalized spacial score (nSPS) is 14.6. The number of hydrogen-bond donors (Lipinski definition) is 8. The summed E-state index contributed by atoms with van der Waals surface area (Å²) >= 11 is 0. The number of amides is 3. The Morgan fingerprint density at radius 2 is 1.22 bits per heavy atom. The van der Waals surface area contributed by atoms with E-state index in [1.165, 1.54) is 0 Å². The maximum Gasteiger partial charge on any atom is 0.326 e. The lowest BCUT2D eigenvalue weighted by Gasteiger charge is -2.26. The van der Waals surface area contributed by atoms with Gasteiger partial charge in [0.25, 0.3) is 0 Å². The number of fused-ring (bicyclic) bond motifs is 2. The summed E-state index contributed by atoms with van der Waals surface area (Å²) in [7, 11) is 0. The Morgan fingerprint density at radius 3 is 1.74 bits per heavy atom. The Kier molecular flexibility index (Phi) is 11.2. The van der Waals surface area contributed by atoms with Crippen LogP contribution in [0.15, 0.2) is 60.9 Å². The highest BCUT2D eigenvalue weighted by Gasteiger charge is 2.32. The van der Waals surface area contributed by atoms with Crippen molar-refractivity contribution in [3.8, 4) is 0 Å². The second-order valence-corrected chi connectivity index (χ2v) is 11.5. The lowest BCUT2D eigenvalue weighted by molar-refractivity contribution is -0.142. The number of rotatable bonds is 16. The molecule has 0 aliphatic rings. The van der Waals surface area contributed by atoms with Crippen molar-refractivity contribution in [1.29, 1.82) is 0 Å². The number of aromatic amines is 2. The van der Waals surface area contributed by atoms with Crippen LogP contribution in [0.25, 0.3) is 21.8 Å². The first-order valence-corrected chi connectivity index (χ1v) is 15.2. The Morgan fingerprint density at radius 1 is 0.739 bits per heavy atom. The van der Waals surface area contributed by atoms with Crippen molar-refractivity contribution in [1.82, 2.24) is 25.9 Å². The number of carboxylic acids is 2. The molecular weight excluding hydrogens is 592 g/mol. The molecule has 2 aromatic heterocycles. The molecule has 0 radical (unpaired) electrons. The van der Waals surface area contributed by atoms with E-state index in [9.17, 15) is 34.2 Å². The molecule has 0 spiro atoms. The second kappa shape index (κ2) is 15.2. The number of para-hydroxylation sites is 2. The number of hydrogen-bond acceptors (Lipinski definition) is 6. The van der Waals surface area contributed by atoms with Gasteiger partial charge in [-0.3, -0.25) is 19.2 Å². The Balaban J connectivity index is 1.59. The average Bonchev–Trinajstić information content (AvgIpc) is 3.65. The fourth-order valence-electron chi connectivity index (χ4n) is 5.31. The lowest BCUT2D eigenvalue weighted by Crippen LogP contribution is -2.58. The summed E-state index contributed by atoms with van der Waals surface area (Å²) in [6, 6.07) is 9.91. The van der Waals surface area contributed by atoms with Crippen molar-refractivity contribution in [3.05, 3.63) is 72.1 Å². The summed E-state index contributed by atoms with van der Waals surface area (Å²) in [5, 5.41) is 28.7. The first-order chi connectivity index (χ1) is 22.0. The minimum Gasteiger partial charge on any atom is -0.481 e. The summed E-state index contributed by atoms with van der Waals surface area (Å²) in [6.07, 6.45) is 3.28. The predicted molar refractivity (Wildman–Crippen MR) is 172 cm³/mol. The molecule has 4 aromatic rings. The van der Waals surface area contributed by atoms with E-state index in [1.54, 1.807) is 19.3 Å². The van der Waals surface area contributed by atoms with Crippen LogP contribution in [0, 0.1) is 5.92 Å². The number of aromatic nitrogens is 2. The molecule has 0 aliphatic carbocycles. The van der Waals surface area contributed by atoms with Crippen molar-refractivity contribution in [2.24, 2.45) is 11.7 Å². The van der Waals surface area contributed by atoms with Gasteiger partial charge < -0.3 is 41.9 Å². The monoisotopic (exact) mass is 632 g/mol. The minimum absolute atomic E-state index is 0.0208. The number of H-pyrrole nitrogens is 2. The van der Waals surface area contributed by atoms with E-state index in [1.807, 2.05) is 55.5 Å². The molecule has 0 aliphatic heterocycles. The number of carbonyl (C=O) groups excluding carboxylic acids is 3. The fourth-order valence-corrected chi connectivity index (χ4v) is 5.31. The zero-order chi connectivity index (χ0) is 33.4. The number of benzene rings is 2. The van der Waals surface area contributed by atoms with Gasteiger partial charge >= 0.3 is 11.9 Å². The van der Waals surface area contributed by atoms with Gasteiger partial charge in [-0.05, 0) is 35.6 Å². The molecule has 13 nitrogen and oxygen atoms in total. The van der Waals surface area contributed by atoms with E-state index in [4.69, 9.17) is 5.73 Å². The van der Waals surface area contributed by atoms with E-state index < -0.39 is 60.2 Å². The van der Waals surface area contributed by atoms with Gasteiger partial charge in [-0.1, -0.05) is 56.7 Å².